The molecule has 2 rings (SSSR count). The zero-order valence-corrected chi connectivity index (χ0v) is 14.9. The van der Waals surface area contributed by atoms with Gasteiger partial charge in [0.05, 0.1) is 20.3 Å². The lowest BCUT2D eigenvalue weighted by Crippen LogP contribution is -2.33. The van der Waals surface area contributed by atoms with E-state index in [4.69, 9.17) is 9.15 Å². The Bertz CT molecular complexity index is 699. The number of carbonyl (C=O) groups excluding carboxylic acids is 2. The number of halogens is 1. The van der Waals surface area contributed by atoms with Gasteiger partial charge in [-0.2, -0.15) is 0 Å². The first-order valence-corrected chi connectivity index (χ1v) is 7.91. The van der Waals surface area contributed by atoms with Crippen molar-refractivity contribution in [1.29, 1.82) is 0 Å². The van der Waals surface area contributed by atoms with Crippen molar-refractivity contribution in [2.24, 2.45) is 0 Å². The number of carbonyl (C=O) groups is 2. The number of methoxy groups -OCH3 is 2. The maximum Gasteiger partial charge on any atom is 0.360 e. The Hall–Kier alpha value is -2.19. The Morgan fingerprint density at radius 1 is 1.25 bits per heavy atom. The van der Waals surface area contributed by atoms with E-state index in [1.54, 1.807) is 36.3 Å². The van der Waals surface area contributed by atoms with Crippen molar-refractivity contribution in [3.8, 4) is 0 Å². The molecule has 0 unspecified atom stereocenters. The zero-order valence-electron chi connectivity index (χ0n) is 13.3. The number of ether oxygens (including phenoxy) is 2. The van der Waals surface area contributed by atoms with Crippen LogP contribution in [-0.2, 0) is 16.0 Å². The van der Waals surface area contributed by atoms with Crippen LogP contribution in [0.25, 0.3) is 0 Å². The van der Waals surface area contributed by atoms with Gasteiger partial charge >= 0.3 is 5.97 Å². The fourth-order valence-electron chi connectivity index (χ4n) is 1.97. The van der Waals surface area contributed by atoms with Crippen molar-refractivity contribution in [2.75, 3.05) is 27.4 Å². The van der Waals surface area contributed by atoms with Crippen molar-refractivity contribution in [2.45, 2.75) is 6.54 Å². The van der Waals surface area contributed by atoms with Crippen LogP contribution in [-0.4, -0.2) is 49.1 Å². The highest BCUT2D eigenvalue weighted by Gasteiger charge is 2.20. The molecule has 0 radical (unpaired) electrons. The van der Waals surface area contributed by atoms with E-state index in [1.165, 1.54) is 13.4 Å². The van der Waals surface area contributed by atoms with E-state index in [9.17, 15) is 9.59 Å². The molecule has 0 bridgehead atoms. The Labute approximate surface area is 147 Å². The average Bonchev–Trinajstić information content (AvgIpc) is 3.06. The molecule has 0 spiro atoms. The standard InChI is InChI=1S/C16H17BrN2O5/c1-22-8-7-19(15(20)11-3-5-12(17)6-4-11)9-14-18-13(10-24-14)16(21)23-2/h3-6,10H,7-9H2,1-2H3. The summed E-state index contributed by atoms with van der Waals surface area (Å²) in [4.78, 5) is 29.7. The summed E-state index contributed by atoms with van der Waals surface area (Å²) < 4.78 is 15.8. The third kappa shape index (κ3) is 4.65. The van der Waals surface area contributed by atoms with Gasteiger partial charge in [-0.3, -0.25) is 4.79 Å². The topological polar surface area (TPSA) is 81.9 Å². The maximum atomic E-state index is 12.7. The Morgan fingerprint density at radius 3 is 2.58 bits per heavy atom. The average molecular weight is 397 g/mol. The minimum atomic E-state index is -0.590. The predicted octanol–water partition coefficient (Wildman–Crippen LogP) is 2.51. The molecular formula is C16H17BrN2O5. The van der Waals surface area contributed by atoms with Crippen LogP contribution in [0.3, 0.4) is 0 Å². The Morgan fingerprint density at radius 2 is 1.96 bits per heavy atom. The van der Waals surface area contributed by atoms with Gasteiger partial charge in [0.25, 0.3) is 5.91 Å². The molecule has 0 aliphatic carbocycles. The molecule has 7 nitrogen and oxygen atoms in total. The molecule has 128 valence electrons. The SMILES string of the molecule is COCCN(Cc1nc(C(=O)OC)co1)C(=O)c1ccc(Br)cc1. The van der Waals surface area contributed by atoms with Crippen molar-refractivity contribution in [1.82, 2.24) is 9.88 Å². The predicted molar refractivity (Wildman–Crippen MR) is 88.6 cm³/mol. The van der Waals surface area contributed by atoms with Crippen LogP contribution in [0.4, 0.5) is 0 Å². The molecule has 0 aliphatic rings. The number of amides is 1. The van der Waals surface area contributed by atoms with E-state index in [-0.39, 0.29) is 24.0 Å². The van der Waals surface area contributed by atoms with Crippen molar-refractivity contribution >= 4 is 27.8 Å². The number of rotatable bonds is 7. The summed E-state index contributed by atoms with van der Waals surface area (Å²) in [6.07, 6.45) is 1.21. The van der Waals surface area contributed by atoms with E-state index in [2.05, 4.69) is 25.7 Å². The summed E-state index contributed by atoms with van der Waals surface area (Å²) in [5.74, 6) is -0.526. The van der Waals surface area contributed by atoms with Gasteiger partial charge in [-0.25, -0.2) is 9.78 Å². The Balaban J connectivity index is 2.15. The van der Waals surface area contributed by atoms with Gasteiger partial charge in [0.1, 0.15) is 6.26 Å². The number of esters is 1. The van der Waals surface area contributed by atoms with Crippen molar-refractivity contribution in [3.63, 3.8) is 0 Å². The second-order valence-corrected chi connectivity index (χ2v) is 5.76. The fourth-order valence-corrected chi connectivity index (χ4v) is 2.24. The summed E-state index contributed by atoms with van der Waals surface area (Å²) in [6, 6.07) is 7.04. The second-order valence-electron chi connectivity index (χ2n) is 4.84. The van der Waals surface area contributed by atoms with E-state index >= 15 is 0 Å². The number of hydrogen-bond donors (Lipinski definition) is 0. The van der Waals surface area contributed by atoms with Gasteiger partial charge in [-0.1, -0.05) is 15.9 Å². The third-order valence-corrected chi connectivity index (χ3v) is 3.74. The highest BCUT2D eigenvalue weighted by Crippen LogP contribution is 2.14. The van der Waals surface area contributed by atoms with Gasteiger partial charge < -0.3 is 18.8 Å². The van der Waals surface area contributed by atoms with Crippen LogP contribution in [0.15, 0.2) is 39.4 Å². The number of hydrogen-bond acceptors (Lipinski definition) is 6. The smallest absolute Gasteiger partial charge is 0.360 e. The first-order valence-electron chi connectivity index (χ1n) is 7.11. The van der Waals surface area contributed by atoms with Crippen LogP contribution >= 0.6 is 15.9 Å². The molecule has 0 aliphatic heterocycles. The molecule has 0 saturated carbocycles. The summed E-state index contributed by atoms with van der Waals surface area (Å²) in [5.41, 5.74) is 0.601. The van der Waals surface area contributed by atoms with Gasteiger partial charge in [-0.05, 0) is 24.3 Å². The second kappa shape index (κ2) is 8.60. The maximum absolute atomic E-state index is 12.7. The molecule has 0 atom stereocenters. The summed E-state index contributed by atoms with van der Waals surface area (Å²) in [7, 11) is 2.82. The molecule has 8 heteroatoms. The molecule has 1 aromatic carbocycles. The normalized spacial score (nSPS) is 10.5. The lowest BCUT2D eigenvalue weighted by molar-refractivity contribution is 0.0594. The Kier molecular flexibility index (Phi) is 6.51. The van der Waals surface area contributed by atoms with Gasteiger partial charge in [-0.15, -0.1) is 0 Å². The summed E-state index contributed by atoms with van der Waals surface area (Å²) in [6.45, 7) is 0.851. The first-order chi connectivity index (χ1) is 11.5. The molecule has 24 heavy (non-hydrogen) atoms. The molecule has 0 saturated heterocycles. The number of benzene rings is 1. The largest absolute Gasteiger partial charge is 0.464 e. The first kappa shape index (κ1) is 18.2. The highest BCUT2D eigenvalue weighted by atomic mass is 79.9. The minimum Gasteiger partial charge on any atom is -0.464 e. The highest BCUT2D eigenvalue weighted by molar-refractivity contribution is 9.10. The van der Waals surface area contributed by atoms with Gasteiger partial charge in [0.15, 0.2) is 5.69 Å². The van der Waals surface area contributed by atoms with Crippen molar-refractivity contribution < 1.29 is 23.5 Å². The van der Waals surface area contributed by atoms with Crippen LogP contribution in [0, 0.1) is 0 Å². The van der Waals surface area contributed by atoms with E-state index in [0.29, 0.717) is 18.7 Å². The molecule has 1 aromatic heterocycles. The number of aromatic nitrogens is 1. The quantitative estimate of drug-likeness (QED) is 0.668. The molecule has 2 aromatic rings. The lowest BCUT2D eigenvalue weighted by Gasteiger charge is -2.20. The van der Waals surface area contributed by atoms with Gasteiger partial charge in [0.2, 0.25) is 5.89 Å². The van der Waals surface area contributed by atoms with Crippen LogP contribution in [0.1, 0.15) is 26.7 Å². The van der Waals surface area contributed by atoms with E-state index in [1.807, 2.05) is 0 Å². The van der Waals surface area contributed by atoms with Crippen molar-refractivity contribution in [3.05, 3.63) is 52.1 Å². The fraction of sp³-hybridized carbons (Fsp3) is 0.312. The molecule has 1 amide bonds. The van der Waals surface area contributed by atoms with E-state index < -0.39 is 5.97 Å². The lowest BCUT2D eigenvalue weighted by atomic mass is 10.2. The molecular weight excluding hydrogens is 380 g/mol. The van der Waals surface area contributed by atoms with Crippen LogP contribution in [0.5, 0.6) is 0 Å². The van der Waals surface area contributed by atoms with E-state index in [0.717, 1.165) is 4.47 Å². The zero-order chi connectivity index (χ0) is 17.5. The molecule has 0 fully saturated rings. The monoisotopic (exact) mass is 396 g/mol. The van der Waals surface area contributed by atoms with Crippen LogP contribution < -0.4 is 0 Å². The van der Waals surface area contributed by atoms with Gasteiger partial charge in [0, 0.05) is 23.7 Å². The van der Waals surface area contributed by atoms with Crippen LogP contribution in [0.2, 0.25) is 0 Å². The summed E-state index contributed by atoms with van der Waals surface area (Å²) >= 11 is 3.34. The molecule has 0 N–H and O–H groups in total. The number of oxazole rings is 1. The number of nitrogens with zero attached hydrogens (tertiary/aromatic N) is 2. The molecule has 1 heterocycles. The third-order valence-electron chi connectivity index (χ3n) is 3.22. The minimum absolute atomic E-state index is 0.0651. The summed E-state index contributed by atoms with van der Waals surface area (Å²) in [5, 5.41) is 0.